The molecule has 1 rings (SSSR count). The van der Waals surface area contributed by atoms with Gasteiger partial charge in [-0.05, 0) is 19.1 Å². The smallest absolute Gasteiger partial charge is 0.263 e. The lowest BCUT2D eigenvalue weighted by atomic mass is 10.3. The van der Waals surface area contributed by atoms with Crippen LogP contribution in [-0.2, 0) is 9.53 Å². The molecule has 1 unspecified atom stereocenters. The number of hydrogen-bond donors (Lipinski definition) is 1. The van der Waals surface area contributed by atoms with Crippen LogP contribution >= 0.6 is 0 Å². The van der Waals surface area contributed by atoms with Crippen molar-refractivity contribution in [1.82, 2.24) is 4.90 Å². The van der Waals surface area contributed by atoms with Crippen LogP contribution < -0.4 is 4.74 Å². The van der Waals surface area contributed by atoms with Gasteiger partial charge in [-0.15, -0.1) is 0 Å². The summed E-state index contributed by atoms with van der Waals surface area (Å²) in [6, 6.07) is 5.61. The summed E-state index contributed by atoms with van der Waals surface area (Å²) in [5.41, 5.74) is 0. The number of aliphatic hydroxyl groups excluding tert-OH is 1. The Morgan fingerprint density at radius 2 is 2.20 bits per heavy atom. The van der Waals surface area contributed by atoms with Gasteiger partial charge in [-0.25, -0.2) is 4.39 Å². The molecule has 0 saturated carbocycles. The molecule has 5 nitrogen and oxygen atoms in total. The van der Waals surface area contributed by atoms with E-state index < -0.39 is 11.9 Å². The van der Waals surface area contributed by atoms with Gasteiger partial charge in [-0.3, -0.25) is 4.79 Å². The highest BCUT2D eigenvalue weighted by Crippen LogP contribution is 2.14. The number of nitrogens with zero attached hydrogens (tertiary/aromatic N) is 1. The predicted molar refractivity (Wildman–Crippen MR) is 72.0 cm³/mol. The summed E-state index contributed by atoms with van der Waals surface area (Å²) >= 11 is 0. The van der Waals surface area contributed by atoms with Crippen molar-refractivity contribution in [2.45, 2.75) is 13.0 Å². The fraction of sp³-hybridized carbons (Fsp3) is 0.500. The summed E-state index contributed by atoms with van der Waals surface area (Å²) in [6.45, 7) is 2.40. The summed E-state index contributed by atoms with van der Waals surface area (Å²) in [6.07, 6.45) is -0.764. The zero-order chi connectivity index (χ0) is 15.0. The van der Waals surface area contributed by atoms with E-state index in [2.05, 4.69) is 0 Å². The molecular weight excluding hydrogens is 265 g/mol. The van der Waals surface area contributed by atoms with E-state index in [1.165, 1.54) is 30.2 Å². The molecule has 0 aromatic heterocycles. The predicted octanol–water partition coefficient (Wildman–Crippen LogP) is 1.06. The SMILES string of the molecule is COCCN(CCO)C(=O)C(C)Oc1cccc(F)c1. The Labute approximate surface area is 117 Å². The first kappa shape index (κ1) is 16.4. The second-order valence-corrected chi connectivity index (χ2v) is 4.26. The van der Waals surface area contributed by atoms with Crippen molar-refractivity contribution in [2.24, 2.45) is 0 Å². The van der Waals surface area contributed by atoms with Gasteiger partial charge in [0.25, 0.3) is 5.91 Å². The van der Waals surface area contributed by atoms with E-state index in [0.29, 0.717) is 18.9 Å². The molecule has 1 aromatic rings. The van der Waals surface area contributed by atoms with E-state index in [1.807, 2.05) is 0 Å². The monoisotopic (exact) mass is 285 g/mol. The average Bonchev–Trinajstić information content (AvgIpc) is 2.42. The Kier molecular flexibility index (Phi) is 6.97. The van der Waals surface area contributed by atoms with E-state index >= 15 is 0 Å². The zero-order valence-electron chi connectivity index (χ0n) is 11.7. The first-order valence-corrected chi connectivity index (χ1v) is 6.39. The first-order valence-electron chi connectivity index (χ1n) is 6.39. The number of hydrogen-bond acceptors (Lipinski definition) is 4. The highest BCUT2D eigenvalue weighted by Gasteiger charge is 2.21. The molecule has 0 heterocycles. The number of amides is 1. The van der Waals surface area contributed by atoms with Crippen molar-refractivity contribution in [2.75, 3.05) is 33.4 Å². The molecule has 0 aliphatic heterocycles. The van der Waals surface area contributed by atoms with Crippen LogP contribution in [0, 0.1) is 5.82 Å². The Balaban J connectivity index is 2.63. The molecule has 6 heteroatoms. The molecular formula is C14H20FNO4. The number of ether oxygens (including phenoxy) is 2. The molecule has 0 saturated heterocycles. The van der Waals surface area contributed by atoms with Gasteiger partial charge in [0.1, 0.15) is 11.6 Å². The van der Waals surface area contributed by atoms with Crippen molar-refractivity contribution in [3.8, 4) is 5.75 Å². The highest BCUT2D eigenvalue weighted by molar-refractivity contribution is 5.80. The van der Waals surface area contributed by atoms with Crippen LogP contribution in [0.15, 0.2) is 24.3 Å². The van der Waals surface area contributed by atoms with E-state index in [1.54, 1.807) is 13.0 Å². The molecule has 20 heavy (non-hydrogen) atoms. The lowest BCUT2D eigenvalue weighted by molar-refractivity contribution is -0.139. The summed E-state index contributed by atoms with van der Waals surface area (Å²) in [5, 5.41) is 8.97. The zero-order valence-corrected chi connectivity index (χ0v) is 11.7. The van der Waals surface area contributed by atoms with Crippen LogP contribution in [0.4, 0.5) is 4.39 Å². The molecule has 1 atom stereocenters. The van der Waals surface area contributed by atoms with Crippen molar-refractivity contribution in [3.05, 3.63) is 30.1 Å². The van der Waals surface area contributed by atoms with E-state index in [4.69, 9.17) is 14.6 Å². The number of rotatable bonds is 8. The minimum absolute atomic E-state index is 0.137. The van der Waals surface area contributed by atoms with Crippen LogP contribution in [0.5, 0.6) is 5.75 Å². The summed E-state index contributed by atoms with van der Waals surface area (Å²) < 4.78 is 23.4. The molecule has 1 N–H and O–H groups in total. The number of carbonyl (C=O) groups is 1. The molecule has 0 fully saturated rings. The van der Waals surface area contributed by atoms with Crippen LogP contribution in [0.2, 0.25) is 0 Å². The molecule has 112 valence electrons. The van der Waals surface area contributed by atoms with Crippen molar-refractivity contribution in [3.63, 3.8) is 0 Å². The van der Waals surface area contributed by atoms with Gasteiger partial charge in [0.2, 0.25) is 0 Å². The quantitative estimate of drug-likeness (QED) is 0.776. The highest BCUT2D eigenvalue weighted by atomic mass is 19.1. The van der Waals surface area contributed by atoms with Crippen LogP contribution in [-0.4, -0.2) is 55.4 Å². The lowest BCUT2D eigenvalue weighted by Gasteiger charge is -2.25. The van der Waals surface area contributed by atoms with Crippen molar-refractivity contribution in [1.29, 1.82) is 0 Å². The van der Waals surface area contributed by atoms with Crippen LogP contribution in [0.3, 0.4) is 0 Å². The molecule has 0 aliphatic carbocycles. The average molecular weight is 285 g/mol. The van der Waals surface area contributed by atoms with Gasteiger partial charge >= 0.3 is 0 Å². The lowest BCUT2D eigenvalue weighted by Crippen LogP contribution is -2.43. The maximum atomic E-state index is 13.0. The van der Waals surface area contributed by atoms with Gasteiger partial charge in [0.05, 0.1) is 13.2 Å². The largest absolute Gasteiger partial charge is 0.481 e. The fourth-order valence-corrected chi connectivity index (χ4v) is 1.71. The van der Waals surface area contributed by atoms with Crippen molar-refractivity contribution >= 4 is 5.91 Å². The Hall–Kier alpha value is -1.66. The fourth-order valence-electron chi connectivity index (χ4n) is 1.71. The standard InChI is InChI=1S/C14H20FNO4/c1-11(20-13-5-3-4-12(15)10-13)14(18)16(6-8-17)7-9-19-2/h3-5,10-11,17H,6-9H2,1-2H3. The maximum absolute atomic E-state index is 13.0. The minimum Gasteiger partial charge on any atom is -0.481 e. The van der Waals surface area contributed by atoms with E-state index in [0.717, 1.165) is 0 Å². The molecule has 1 aromatic carbocycles. The number of halogens is 1. The van der Waals surface area contributed by atoms with Crippen molar-refractivity contribution < 1.29 is 23.8 Å². The van der Waals surface area contributed by atoms with Crippen LogP contribution in [0.1, 0.15) is 6.92 Å². The summed E-state index contributed by atoms with van der Waals surface area (Å²) in [7, 11) is 1.54. The summed E-state index contributed by atoms with van der Waals surface area (Å²) in [4.78, 5) is 13.6. The molecule has 1 amide bonds. The van der Waals surface area contributed by atoms with Crippen LogP contribution in [0.25, 0.3) is 0 Å². The topological polar surface area (TPSA) is 59.0 Å². The number of benzene rings is 1. The van der Waals surface area contributed by atoms with Gasteiger partial charge in [0, 0.05) is 26.3 Å². The van der Waals surface area contributed by atoms with Gasteiger partial charge in [0.15, 0.2) is 6.10 Å². The van der Waals surface area contributed by atoms with Gasteiger partial charge < -0.3 is 19.5 Å². The third-order valence-corrected chi connectivity index (χ3v) is 2.70. The third kappa shape index (κ3) is 5.14. The first-order chi connectivity index (χ1) is 9.58. The third-order valence-electron chi connectivity index (χ3n) is 2.70. The molecule has 0 radical (unpaired) electrons. The Morgan fingerprint density at radius 1 is 1.45 bits per heavy atom. The van der Waals surface area contributed by atoms with E-state index in [-0.39, 0.29) is 19.1 Å². The molecule has 0 spiro atoms. The van der Waals surface area contributed by atoms with Gasteiger partial charge in [-0.2, -0.15) is 0 Å². The number of aliphatic hydroxyl groups is 1. The Bertz CT molecular complexity index is 427. The second kappa shape index (κ2) is 8.50. The second-order valence-electron chi connectivity index (χ2n) is 4.26. The van der Waals surface area contributed by atoms with E-state index in [9.17, 15) is 9.18 Å². The summed E-state index contributed by atoms with van der Waals surface area (Å²) in [5.74, 6) is -0.407. The number of methoxy groups -OCH3 is 1. The maximum Gasteiger partial charge on any atom is 0.263 e. The normalized spacial score (nSPS) is 12.0. The molecule has 0 aliphatic rings. The Morgan fingerprint density at radius 3 is 2.80 bits per heavy atom. The molecule has 0 bridgehead atoms. The minimum atomic E-state index is -0.764. The number of carbonyl (C=O) groups excluding carboxylic acids is 1. The van der Waals surface area contributed by atoms with Gasteiger partial charge in [-0.1, -0.05) is 6.07 Å².